The van der Waals surface area contributed by atoms with Gasteiger partial charge >= 0.3 is 0 Å². The summed E-state index contributed by atoms with van der Waals surface area (Å²) in [6, 6.07) is 14.3. The molecule has 0 saturated carbocycles. The first-order valence-electron chi connectivity index (χ1n) is 10.1. The van der Waals surface area contributed by atoms with E-state index in [0.717, 1.165) is 0 Å². The fourth-order valence-corrected chi connectivity index (χ4v) is 2.55. The molecule has 0 aliphatic carbocycles. The van der Waals surface area contributed by atoms with Gasteiger partial charge in [0.25, 0.3) is 0 Å². The van der Waals surface area contributed by atoms with E-state index >= 15 is 0 Å². The molecule has 0 heterocycles. The third kappa shape index (κ3) is 9.41. The number of hydrazone groups is 2. The lowest BCUT2D eigenvalue weighted by Gasteiger charge is -2.06. The highest BCUT2D eigenvalue weighted by molar-refractivity contribution is 5.86. The van der Waals surface area contributed by atoms with Gasteiger partial charge in [0, 0.05) is 24.0 Å². The molecular weight excluding hydrogens is 420 g/mol. The molecule has 0 bridgehead atoms. The van der Waals surface area contributed by atoms with E-state index in [1.54, 1.807) is 24.3 Å². The summed E-state index contributed by atoms with van der Waals surface area (Å²) in [5.41, 5.74) is 6.20. The molecule has 2 aromatic rings. The zero-order valence-electron chi connectivity index (χ0n) is 18.0. The summed E-state index contributed by atoms with van der Waals surface area (Å²) in [4.78, 5) is 23.8. The Balaban J connectivity index is 1.71. The maximum Gasteiger partial charge on any atom is 0.240 e. The average Bonchev–Trinajstić information content (AvgIpc) is 2.83. The Morgan fingerprint density at radius 2 is 1.21 bits per heavy atom. The highest BCUT2D eigenvalue weighted by Gasteiger charge is 2.05. The summed E-state index contributed by atoms with van der Waals surface area (Å²) >= 11 is 0. The topological polar surface area (TPSA) is 101 Å². The molecule has 0 aliphatic rings. The van der Waals surface area contributed by atoms with E-state index in [4.69, 9.17) is 22.3 Å². The second-order valence-corrected chi connectivity index (χ2v) is 6.50. The van der Waals surface area contributed by atoms with Gasteiger partial charge in [0.15, 0.2) is 0 Å². The molecule has 0 fully saturated rings. The van der Waals surface area contributed by atoms with Crippen LogP contribution in [0.4, 0.5) is 0 Å². The van der Waals surface area contributed by atoms with Crippen LogP contribution in [-0.2, 0) is 9.59 Å². The van der Waals surface area contributed by atoms with Gasteiger partial charge in [0.2, 0.25) is 11.8 Å². The van der Waals surface area contributed by atoms with Crippen LogP contribution in [0.5, 0.6) is 11.5 Å². The van der Waals surface area contributed by atoms with Crippen molar-refractivity contribution >= 4 is 24.2 Å². The van der Waals surface area contributed by atoms with Crippen molar-refractivity contribution in [1.29, 1.82) is 0 Å². The van der Waals surface area contributed by atoms with E-state index < -0.39 is 0 Å². The molecule has 0 unspecified atom stereocenters. The number of rotatable bonds is 12. The zero-order valence-corrected chi connectivity index (χ0v) is 18.0. The second-order valence-electron chi connectivity index (χ2n) is 6.50. The number of hydrogen-bond acceptors (Lipinski definition) is 6. The minimum atomic E-state index is -0.316. The van der Waals surface area contributed by atoms with Crippen molar-refractivity contribution in [3.05, 3.63) is 59.7 Å². The Morgan fingerprint density at radius 1 is 0.788 bits per heavy atom. The predicted molar refractivity (Wildman–Crippen MR) is 127 cm³/mol. The van der Waals surface area contributed by atoms with Gasteiger partial charge in [-0.15, -0.1) is 12.8 Å². The molecule has 2 N–H and O–H groups in total. The number of hydrogen-bond donors (Lipinski definition) is 2. The van der Waals surface area contributed by atoms with Crippen LogP contribution in [0.1, 0.15) is 30.4 Å². The number of nitrogens with one attached hydrogen (secondary N) is 2. The highest BCUT2D eigenvalue weighted by Crippen LogP contribution is 2.16. The smallest absolute Gasteiger partial charge is 0.240 e. The van der Waals surface area contributed by atoms with Gasteiger partial charge in [-0.2, -0.15) is 10.2 Å². The number of benzene rings is 2. The number of amides is 2. The lowest BCUT2D eigenvalue weighted by Crippen LogP contribution is -2.20. The van der Waals surface area contributed by atoms with Gasteiger partial charge in [-0.3, -0.25) is 9.59 Å². The fourth-order valence-electron chi connectivity index (χ4n) is 2.55. The number of nitrogens with zero attached hydrogens (tertiary/aromatic N) is 2. The SMILES string of the molecule is C#CCOc1ccccc1/C=N/NC(=O)CCCC(=O)N/N=C/c1ccccc1OCC#C. The molecule has 8 nitrogen and oxygen atoms in total. The quantitative estimate of drug-likeness (QED) is 0.298. The second kappa shape index (κ2) is 14.4. The summed E-state index contributed by atoms with van der Waals surface area (Å²) in [5, 5.41) is 7.83. The van der Waals surface area contributed by atoms with Gasteiger partial charge < -0.3 is 9.47 Å². The Kier molecular flexibility index (Phi) is 10.8. The summed E-state index contributed by atoms with van der Waals surface area (Å²) in [7, 11) is 0. The van der Waals surface area contributed by atoms with Gasteiger partial charge in [-0.05, 0) is 30.7 Å². The van der Waals surface area contributed by atoms with E-state index in [-0.39, 0.29) is 37.9 Å². The molecule has 0 saturated heterocycles. The van der Waals surface area contributed by atoms with Crippen LogP contribution in [0.25, 0.3) is 0 Å². The van der Waals surface area contributed by atoms with Crippen molar-refractivity contribution in [2.75, 3.05) is 13.2 Å². The number of terminal acetylenes is 2. The molecular formula is C25H24N4O4. The van der Waals surface area contributed by atoms with Crippen LogP contribution < -0.4 is 20.3 Å². The molecule has 0 spiro atoms. The van der Waals surface area contributed by atoms with Gasteiger partial charge in [0.1, 0.15) is 24.7 Å². The third-order valence-electron chi connectivity index (χ3n) is 4.05. The average molecular weight is 444 g/mol. The van der Waals surface area contributed by atoms with Crippen LogP contribution >= 0.6 is 0 Å². The van der Waals surface area contributed by atoms with E-state index in [1.807, 2.05) is 24.3 Å². The maximum absolute atomic E-state index is 11.9. The molecule has 2 rings (SSSR count). The van der Waals surface area contributed by atoms with E-state index in [9.17, 15) is 9.59 Å². The Morgan fingerprint density at radius 3 is 1.64 bits per heavy atom. The van der Waals surface area contributed by atoms with Gasteiger partial charge in [-0.25, -0.2) is 10.9 Å². The molecule has 8 heteroatoms. The molecule has 0 radical (unpaired) electrons. The number of carbonyl (C=O) groups excluding carboxylic acids is 2. The number of para-hydroxylation sites is 2. The standard InChI is InChI=1S/C25H24N4O4/c1-3-16-32-22-12-7-5-10-20(22)18-26-28-24(30)14-9-15-25(31)29-27-19-21-11-6-8-13-23(21)33-17-4-2/h1-2,5-8,10-13,18-19H,9,14-17H2,(H,28,30)(H,29,31)/b26-18+,27-19+. The molecule has 0 aliphatic heterocycles. The summed E-state index contributed by atoms with van der Waals surface area (Å²) < 4.78 is 10.8. The fraction of sp³-hybridized carbons (Fsp3) is 0.200. The Bertz CT molecular complexity index is 995. The Hall–Kier alpha value is -4.56. The first kappa shape index (κ1) is 24.7. The van der Waals surface area contributed by atoms with E-state index in [2.05, 4.69) is 32.9 Å². The zero-order chi connectivity index (χ0) is 23.7. The Labute approximate surface area is 193 Å². The first-order valence-corrected chi connectivity index (χ1v) is 10.1. The lowest BCUT2D eigenvalue weighted by molar-refractivity contribution is -0.122. The number of carbonyl (C=O) groups is 2. The van der Waals surface area contributed by atoms with Crippen molar-refractivity contribution in [3.63, 3.8) is 0 Å². The van der Waals surface area contributed by atoms with E-state index in [1.165, 1.54) is 12.4 Å². The van der Waals surface area contributed by atoms with Crippen LogP contribution in [0.3, 0.4) is 0 Å². The molecule has 0 atom stereocenters. The predicted octanol–water partition coefficient (Wildman–Crippen LogP) is 2.48. The minimum absolute atomic E-state index is 0.131. The van der Waals surface area contributed by atoms with Crippen LogP contribution in [0.2, 0.25) is 0 Å². The van der Waals surface area contributed by atoms with Crippen molar-refractivity contribution in [2.24, 2.45) is 10.2 Å². The third-order valence-corrected chi connectivity index (χ3v) is 4.05. The molecule has 168 valence electrons. The van der Waals surface area contributed by atoms with Gasteiger partial charge in [-0.1, -0.05) is 36.1 Å². The van der Waals surface area contributed by atoms with Gasteiger partial charge in [0.05, 0.1) is 12.4 Å². The normalized spacial score (nSPS) is 10.4. The van der Waals surface area contributed by atoms with Crippen molar-refractivity contribution in [3.8, 4) is 36.2 Å². The molecule has 2 aromatic carbocycles. The molecule has 2 amide bonds. The van der Waals surface area contributed by atoms with Crippen LogP contribution in [0, 0.1) is 24.7 Å². The summed E-state index contributed by atoms with van der Waals surface area (Å²) in [6.45, 7) is 0.269. The monoisotopic (exact) mass is 444 g/mol. The van der Waals surface area contributed by atoms with Crippen LogP contribution in [0.15, 0.2) is 58.7 Å². The maximum atomic E-state index is 11.9. The van der Waals surface area contributed by atoms with Crippen molar-refractivity contribution in [2.45, 2.75) is 19.3 Å². The number of ether oxygens (including phenoxy) is 2. The highest BCUT2D eigenvalue weighted by atomic mass is 16.5. The minimum Gasteiger partial charge on any atom is -0.480 e. The summed E-state index contributed by atoms with van der Waals surface area (Å²) in [6.07, 6.45) is 13.9. The van der Waals surface area contributed by atoms with E-state index in [0.29, 0.717) is 29.0 Å². The van der Waals surface area contributed by atoms with Crippen LogP contribution in [-0.4, -0.2) is 37.5 Å². The molecule has 0 aromatic heterocycles. The summed E-state index contributed by atoms with van der Waals surface area (Å²) in [5.74, 6) is 5.28. The van der Waals surface area contributed by atoms with Crippen molar-refractivity contribution < 1.29 is 19.1 Å². The lowest BCUT2D eigenvalue weighted by atomic mass is 10.2. The first-order chi connectivity index (χ1) is 16.1. The largest absolute Gasteiger partial charge is 0.480 e. The van der Waals surface area contributed by atoms with Crippen molar-refractivity contribution in [1.82, 2.24) is 10.9 Å². The molecule has 33 heavy (non-hydrogen) atoms.